The van der Waals surface area contributed by atoms with Gasteiger partial charge in [-0.05, 0) is 18.1 Å². The van der Waals surface area contributed by atoms with Gasteiger partial charge in [0, 0.05) is 24.7 Å². The van der Waals surface area contributed by atoms with E-state index in [1.54, 1.807) is 7.11 Å². The molecule has 0 bridgehead atoms. The van der Waals surface area contributed by atoms with Gasteiger partial charge in [-0.15, -0.1) is 0 Å². The Morgan fingerprint density at radius 3 is 2.70 bits per heavy atom. The predicted molar refractivity (Wildman–Crippen MR) is 87.5 cm³/mol. The highest BCUT2D eigenvalue weighted by molar-refractivity contribution is 5.91. The average Bonchev–Trinajstić information content (AvgIpc) is 2.54. The number of rotatable bonds is 6. The Balaban J connectivity index is 2.10. The molecule has 23 heavy (non-hydrogen) atoms. The molecule has 0 spiro atoms. The number of methoxy groups -OCH3 is 1. The van der Waals surface area contributed by atoms with Gasteiger partial charge in [0.25, 0.3) is 11.5 Å². The molecule has 1 aromatic heterocycles. The van der Waals surface area contributed by atoms with E-state index in [0.717, 1.165) is 5.56 Å². The number of nitrogens with zero attached hydrogens (tertiary/aromatic N) is 2. The first-order valence-electron chi connectivity index (χ1n) is 7.49. The van der Waals surface area contributed by atoms with Crippen molar-refractivity contribution < 1.29 is 9.53 Å². The third-order valence-electron chi connectivity index (χ3n) is 3.27. The van der Waals surface area contributed by atoms with E-state index in [4.69, 9.17) is 4.74 Å². The van der Waals surface area contributed by atoms with Gasteiger partial charge in [-0.3, -0.25) is 9.59 Å². The topological polar surface area (TPSA) is 73.2 Å². The lowest BCUT2D eigenvalue weighted by atomic mass is 10.2. The summed E-state index contributed by atoms with van der Waals surface area (Å²) in [6.07, 6.45) is 0. The van der Waals surface area contributed by atoms with Crippen LogP contribution in [-0.2, 0) is 13.1 Å². The molecule has 2 rings (SSSR count). The van der Waals surface area contributed by atoms with Crippen LogP contribution in [0.3, 0.4) is 0 Å². The maximum absolute atomic E-state index is 12.2. The molecule has 0 aliphatic carbocycles. The molecule has 1 heterocycles. The number of carbonyl (C=O) groups is 1. The molecular weight excluding hydrogens is 294 g/mol. The van der Waals surface area contributed by atoms with Crippen LogP contribution in [0.25, 0.3) is 0 Å². The Bertz CT molecular complexity index is 738. The van der Waals surface area contributed by atoms with E-state index in [0.29, 0.717) is 18.8 Å². The molecule has 2 aromatic rings. The Labute approximate surface area is 135 Å². The van der Waals surface area contributed by atoms with Crippen molar-refractivity contribution in [1.29, 1.82) is 0 Å². The third kappa shape index (κ3) is 4.42. The Morgan fingerprint density at radius 1 is 1.26 bits per heavy atom. The summed E-state index contributed by atoms with van der Waals surface area (Å²) < 4.78 is 6.57. The van der Waals surface area contributed by atoms with Crippen LogP contribution < -0.4 is 15.6 Å². The highest BCUT2D eigenvalue weighted by Gasteiger charge is 2.11. The van der Waals surface area contributed by atoms with Crippen LogP contribution in [0.4, 0.5) is 0 Å². The first-order valence-corrected chi connectivity index (χ1v) is 7.49. The molecule has 0 radical (unpaired) electrons. The average molecular weight is 315 g/mol. The van der Waals surface area contributed by atoms with Gasteiger partial charge in [-0.25, -0.2) is 4.68 Å². The molecule has 0 saturated carbocycles. The number of aromatic nitrogens is 2. The minimum Gasteiger partial charge on any atom is -0.496 e. The minimum absolute atomic E-state index is 0.208. The lowest BCUT2D eigenvalue weighted by Gasteiger charge is -2.11. The van der Waals surface area contributed by atoms with Crippen molar-refractivity contribution in [3.8, 4) is 5.75 Å². The molecule has 0 unspecified atom stereocenters. The number of hydrogen-bond donors (Lipinski definition) is 1. The highest BCUT2D eigenvalue weighted by Crippen LogP contribution is 2.16. The molecule has 0 aliphatic heterocycles. The van der Waals surface area contributed by atoms with Crippen LogP contribution in [0, 0.1) is 5.92 Å². The second kappa shape index (κ2) is 7.58. The van der Waals surface area contributed by atoms with Crippen molar-refractivity contribution in [3.63, 3.8) is 0 Å². The fourth-order valence-electron chi connectivity index (χ4n) is 2.16. The van der Waals surface area contributed by atoms with Crippen LogP contribution >= 0.6 is 0 Å². The smallest absolute Gasteiger partial charge is 0.271 e. The minimum atomic E-state index is -0.326. The van der Waals surface area contributed by atoms with Crippen LogP contribution in [0.1, 0.15) is 29.9 Å². The standard InChI is InChI=1S/C17H21N3O3/c1-12(2)11-20-16(21)9-8-14(19-20)17(22)18-10-13-6-4-5-7-15(13)23-3/h4-9,12H,10-11H2,1-3H3,(H,18,22). The van der Waals surface area contributed by atoms with E-state index in [2.05, 4.69) is 10.4 Å². The van der Waals surface area contributed by atoms with E-state index in [-0.39, 0.29) is 23.1 Å². The quantitative estimate of drug-likeness (QED) is 0.883. The summed E-state index contributed by atoms with van der Waals surface area (Å²) in [5, 5.41) is 6.92. The summed E-state index contributed by atoms with van der Waals surface area (Å²) in [5.41, 5.74) is 0.888. The van der Waals surface area contributed by atoms with Crippen molar-refractivity contribution in [3.05, 3.63) is 58.0 Å². The van der Waals surface area contributed by atoms with Gasteiger partial charge in [0.15, 0.2) is 0 Å². The number of benzene rings is 1. The van der Waals surface area contributed by atoms with Crippen molar-refractivity contribution in [2.45, 2.75) is 26.9 Å². The molecule has 6 heteroatoms. The molecule has 6 nitrogen and oxygen atoms in total. The summed E-state index contributed by atoms with van der Waals surface area (Å²) in [6, 6.07) is 10.3. The van der Waals surface area contributed by atoms with Gasteiger partial charge in [0.1, 0.15) is 11.4 Å². The van der Waals surface area contributed by atoms with Crippen LogP contribution in [0.15, 0.2) is 41.2 Å². The molecule has 0 fully saturated rings. The molecule has 0 saturated heterocycles. The number of para-hydroxylation sites is 1. The molecule has 122 valence electrons. The third-order valence-corrected chi connectivity index (χ3v) is 3.27. The molecule has 0 atom stereocenters. The largest absolute Gasteiger partial charge is 0.496 e. The van der Waals surface area contributed by atoms with E-state index >= 15 is 0 Å². The zero-order valence-electron chi connectivity index (χ0n) is 13.6. The predicted octanol–water partition coefficient (Wildman–Crippen LogP) is 1.84. The first kappa shape index (κ1) is 16.7. The Hall–Kier alpha value is -2.63. The SMILES string of the molecule is COc1ccccc1CNC(=O)c1ccc(=O)n(CC(C)C)n1. The molecule has 0 aliphatic rings. The second-order valence-corrected chi connectivity index (χ2v) is 5.63. The van der Waals surface area contributed by atoms with Crippen molar-refractivity contribution in [2.24, 2.45) is 5.92 Å². The van der Waals surface area contributed by atoms with Crippen molar-refractivity contribution >= 4 is 5.91 Å². The molecule has 1 amide bonds. The maximum Gasteiger partial charge on any atom is 0.271 e. The van der Waals surface area contributed by atoms with Gasteiger partial charge in [-0.2, -0.15) is 5.10 Å². The fraction of sp³-hybridized carbons (Fsp3) is 0.353. The maximum atomic E-state index is 12.2. The van der Waals surface area contributed by atoms with E-state index in [1.165, 1.54) is 16.8 Å². The van der Waals surface area contributed by atoms with Gasteiger partial charge in [-0.1, -0.05) is 32.0 Å². The molecule has 1 aromatic carbocycles. The Morgan fingerprint density at radius 2 is 2.00 bits per heavy atom. The van der Waals surface area contributed by atoms with E-state index in [1.807, 2.05) is 38.1 Å². The number of hydrogen-bond acceptors (Lipinski definition) is 4. The van der Waals surface area contributed by atoms with E-state index in [9.17, 15) is 9.59 Å². The number of nitrogens with one attached hydrogen (secondary N) is 1. The summed E-state index contributed by atoms with van der Waals surface area (Å²) >= 11 is 0. The Kier molecular flexibility index (Phi) is 5.51. The molecular formula is C17H21N3O3. The number of amides is 1. The fourth-order valence-corrected chi connectivity index (χ4v) is 2.16. The monoisotopic (exact) mass is 315 g/mol. The van der Waals surface area contributed by atoms with Crippen molar-refractivity contribution in [1.82, 2.24) is 15.1 Å². The summed E-state index contributed by atoms with van der Waals surface area (Å²) in [6.45, 7) is 4.78. The van der Waals surface area contributed by atoms with E-state index < -0.39 is 0 Å². The second-order valence-electron chi connectivity index (χ2n) is 5.63. The van der Waals surface area contributed by atoms with Gasteiger partial charge >= 0.3 is 0 Å². The lowest BCUT2D eigenvalue weighted by molar-refractivity contribution is 0.0942. The van der Waals surface area contributed by atoms with Crippen LogP contribution in [-0.4, -0.2) is 22.8 Å². The van der Waals surface area contributed by atoms with Gasteiger partial charge in [0.05, 0.1) is 7.11 Å². The summed E-state index contributed by atoms with van der Waals surface area (Å²) in [4.78, 5) is 24.0. The zero-order valence-corrected chi connectivity index (χ0v) is 13.6. The van der Waals surface area contributed by atoms with Crippen LogP contribution in [0.2, 0.25) is 0 Å². The first-order chi connectivity index (χ1) is 11.0. The lowest BCUT2D eigenvalue weighted by Crippen LogP contribution is -2.30. The van der Waals surface area contributed by atoms with Gasteiger partial charge < -0.3 is 10.1 Å². The normalized spacial score (nSPS) is 10.6. The zero-order chi connectivity index (χ0) is 16.8. The molecule has 1 N–H and O–H groups in total. The summed E-state index contributed by atoms with van der Waals surface area (Å²) in [7, 11) is 1.59. The van der Waals surface area contributed by atoms with Crippen LogP contribution in [0.5, 0.6) is 5.75 Å². The summed E-state index contributed by atoms with van der Waals surface area (Å²) in [5.74, 6) is 0.658. The number of carbonyl (C=O) groups excluding carboxylic acids is 1. The van der Waals surface area contributed by atoms with Gasteiger partial charge in [0.2, 0.25) is 0 Å². The van der Waals surface area contributed by atoms with Crippen molar-refractivity contribution in [2.75, 3.05) is 7.11 Å². The number of ether oxygens (including phenoxy) is 1. The highest BCUT2D eigenvalue weighted by atomic mass is 16.5.